The number of ether oxygens (including phenoxy) is 4. The first-order chi connectivity index (χ1) is 15.2. The van der Waals surface area contributed by atoms with E-state index >= 15 is 0 Å². The number of phenols is 2. The van der Waals surface area contributed by atoms with Gasteiger partial charge in [0, 0.05) is 23.3 Å². The van der Waals surface area contributed by atoms with Crippen LogP contribution < -0.4 is 0 Å². The van der Waals surface area contributed by atoms with Crippen molar-refractivity contribution in [2.24, 2.45) is 0 Å². The molecule has 0 heterocycles. The van der Waals surface area contributed by atoms with Gasteiger partial charge in [-0.15, -0.1) is 0 Å². The lowest BCUT2D eigenvalue weighted by molar-refractivity contribution is -0.141. The molecule has 0 radical (unpaired) electrons. The Morgan fingerprint density at radius 1 is 0.719 bits per heavy atom. The number of carbonyl (C=O) groups excluding carboxylic acids is 4. The molecule has 168 valence electrons. The van der Waals surface area contributed by atoms with Gasteiger partial charge in [0.2, 0.25) is 0 Å². The third kappa shape index (κ3) is 6.59. The second-order valence-electron chi connectivity index (χ2n) is 6.22. The molecule has 2 rings (SSSR count). The van der Waals surface area contributed by atoms with Crippen molar-refractivity contribution in [3.05, 3.63) is 70.8 Å². The van der Waals surface area contributed by atoms with Crippen LogP contribution in [0, 0.1) is 0 Å². The zero-order chi connectivity index (χ0) is 23.7. The van der Waals surface area contributed by atoms with Crippen molar-refractivity contribution in [3.63, 3.8) is 0 Å². The molecule has 0 spiro atoms. The van der Waals surface area contributed by atoms with Crippen molar-refractivity contribution in [1.29, 1.82) is 0 Å². The average Bonchev–Trinajstić information content (AvgIpc) is 2.80. The van der Waals surface area contributed by atoms with Gasteiger partial charge in [0.15, 0.2) is 0 Å². The summed E-state index contributed by atoms with van der Waals surface area (Å²) in [4.78, 5) is 46.7. The summed E-state index contributed by atoms with van der Waals surface area (Å²) in [5.74, 6) is -3.43. The SMILES string of the molecule is COC(=O)c1ccc(O)c(COC(=O)/C=C/C(=O)OCc2cc(C(=O)OC)ccc2O)c1. The van der Waals surface area contributed by atoms with Crippen LogP contribution in [0.5, 0.6) is 11.5 Å². The Kier molecular flexibility index (Phi) is 8.35. The Labute approximate surface area is 182 Å². The van der Waals surface area contributed by atoms with Gasteiger partial charge < -0.3 is 29.2 Å². The van der Waals surface area contributed by atoms with E-state index in [0.29, 0.717) is 0 Å². The molecule has 32 heavy (non-hydrogen) atoms. The van der Waals surface area contributed by atoms with Crippen LogP contribution in [0.2, 0.25) is 0 Å². The standard InChI is InChI=1S/C22H20O10/c1-29-21(27)13-3-5-17(23)15(9-13)11-31-19(25)7-8-20(26)32-12-16-10-14(22(28)30-2)4-6-18(16)24/h3-10,23-24H,11-12H2,1-2H3/b8-7+. The van der Waals surface area contributed by atoms with Crippen LogP contribution in [-0.4, -0.2) is 48.3 Å². The lowest BCUT2D eigenvalue weighted by Crippen LogP contribution is -2.07. The Morgan fingerprint density at radius 2 is 1.09 bits per heavy atom. The Hall–Kier alpha value is -4.34. The molecule has 0 amide bonds. The smallest absolute Gasteiger partial charge is 0.337 e. The number of phenolic OH excluding ortho intramolecular Hbond substituents is 2. The average molecular weight is 444 g/mol. The van der Waals surface area contributed by atoms with Gasteiger partial charge in [-0.2, -0.15) is 0 Å². The molecule has 0 atom stereocenters. The summed E-state index contributed by atoms with van der Waals surface area (Å²) in [6.07, 6.45) is 1.63. The van der Waals surface area contributed by atoms with E-state index in [-0.39, 0.29) is 47.0 Å². The van der Waals surface area contributed by atoms with Gasteiger partial charge in [0.05, 0.1) is 25.3 Å². The fourth-order valence-corrected chi connectivity index (χ4v) is 2.42. The van der Waals surface area contributed by atoms with Crippen LogP contribution in [0.1, 0.15) is 31.8 Å². The topological polar surface area (TPSA) is 146 Å². The van der Waals surface area contributed by atoms with Gasteiger partial charge in [0.25, 0.3) is 0 Å². The maximum atomic E-state index is 11.8. The zero-order valence-electron chi connectivity index (χ0n) is 17.2. The second kappa shape index (κ2) is 11.2. The maximum Gasteiger partial charge on any atom is 0.337 e. The first-order valence-corrected chi connectivity index (χ1v) is 9.07. The zero-order valence-corrected chi connectivity index (χ0v) is 17.2. The van der Waals surface area contributed by atoms with Crippen LogP contribution in [0.25, 0.3) is 0 Å². The molecule has 2 aromatic carbocycles. The maximum absolute atomic E-state index is 11.8. The number of methoxy groups -OCH3 is 2. The molecule has 0 unspecified atom stereocenters. The Morgan fingerprint density at radius 3 is 1.44 bits per heavy atom. The minimum atomic E-state index is -0.902. The molecule has 2 aromatic rings. The van der Waals surface area contributed by atoms with Crippen molar-refractivity contribution in [3.8, 4) is 11.5 Å². The van der Waals surface area contributed by atoms with Crippen molar-refractivity contribution >= 4 is 23.9 Å². The number of benzene rings is 2. The molecule has 0 aliphatic carbocycles. The van der Waals surface area contributed by atoms with Crippen LogP contribution in [0.15, 0.2) is 48.6 Å². The second-order valence-corrected chi connectivity index (χ2v) is 6.22. The number of esters is 4. The summed E-state index contributed by atoms with van der Waals surface area (Å²) in [6, 6.07) is 7.82. The van der Waals surface area contributed by atoms with Crippen molar-refractivity contribution in [1.82, 2.24) is 0 Å². The van der Waals surface area contributed by atoms with Crippen LogP contribution in [-0.2, 0) is 41.8 Å². The Balaban J connectivity index is 1.90. The predicted molar refractivity (Wildman–Crippen MR) is 108 cm³/mol. The first kappa shape index (κ1) is 23.9. The largest absolute Gasteiger partial charge is 0.508 e. The van der Waals surface area contributed by atoms with Crippen molar-refractivity contribution in [2.45, 2.75) is 13.2 Å². The lowest BCUT2D eigenvalue weighted by atomic mass is 10.1. The number of aromatic hydroxyl groups is 2. The van der Waals surface area contributed by atoms with Gasteiger partial charge >= 0.3 is 23.9 Å². The van der Waals surface area contributed by atoms with Crippen molar-refractivity contribution in [2.75, 3.05) is 14.2 Å². The van der Waals surface area contributed by atoms with E-state index in [1.807, 2.05) is 0 Å². The first-order valence-electron chi connectivity index (χ1n) is 9.07. The molecular formula is C22H20O10. The molecule has 0 saturated heterocycles. The summed E-state index contributed by atoms with van der Waals surface area (Å²) < 4.78 is 19.0. The highest BCUT2D eigenvalue weighted by molar-refractivity contribution is 5.92. The number of carbonyl (C=O) groups is 4. The lowest BCUT2D eigenvalue weighted by Gasteiger charge is -2.08. The molecule has 0 aliphatic rings. The van der Waals surface area contributed by atoms with Gasteiger partial charge in [-0.25, -0.2) is 19.2 Å². The molecule has 0 bridgehead atoms. The van der Waals surface area contributed by atoms with Crippen molar-refractivity contribution < 1.29 is 48.3 Å². The van der Waals surface area contributed by atoms with E-state index in [0.717, 1.165) is 12.2 Å². The van der Waals surface area contributed by atoms with Gasteiger partial charge in [0.1, 0.15) is 24.7 Å². The van der Waals surface area contributed by atoms with Crippen LogP contribution >= 0.6 is 0 Å². The van der Waals surface area contributed by atoms with Crippen LogP contribution in [0.4, 0.5) is 0 Å². The minimum Gasteiger partial charge on any atom is -0.508 e. The summed E-state index contributed by atoms with van der Waals surface area (Å²) in [6.45, 7) is -0.716. The molecule has 0 aromatic heterocycles. The van der Waals surface area contributed by atoms with Crippen LogP contribution in [0.3, 0.4) is 0 Å². The minimum absolute atomic E-state index is 0.162. The summed E-state index contributed by atoms with van der Waals surface area (Å²) in [7, 11) is 2.41. The quantitative estimate of drug-likeness (QED) is 0.352. The van der Waals surface area contributed by atoms with Gasteiger partial charge in [-0.3, -0.25) is 0 Å². The molecule has 0 saturated carbocycles. The molecular weight excluding hydrogens is 424 g/mol. The van der Waals surface area contributed by atoms with Gasteiger partial charge in [-0.1, -0.05) is 0 Å². The van der Waals surface area contributed by atoms with E-state index in [9.17, 15) is 29.4 Å². The summed E-state index contributed by atoms with van der Waals surface area (Å²) >= 11 is 0. The normalized spacial score (nSPS) is 10.4. The summed E-state index contributed by atoms with van der Waals surface area (Å²) in [5, 5.41) is 19.6. The highest BCUT2D eigenvalue weighted by Crippen LogP contribution is 2.21. The van der Waals surface area contributed by atoms with E-state index in [4.69, 9.17) is 9.47 Å². The van der Waals surface area contributed by atoms with E-state index in [2.05, 4.69) is 9.47 Å². The third-order valence-electron chi connectivity index (χ3n) is 4.10. The fraction of sp³-hybridized carbons (Fsp3) is 0.182. The molecule has 10 nitrogen and oxygen atoms in total. The number of hydrogen-bond donors (Lipinski definition) is 2. The highest BCUT2D eigenvalue weighted by Gasteiger charge is 2.12. The number of rotatable bonds is 8. The molecule has 2 N–H and O–H groups in total. The third-order valence-corrected chi connectivity index (χ3v) is 4.10. The Bertz CT molecular complexity index is 971. The molecule has 0 fully saturated rings. The molecule has 10 heteroatoms. The number of hydrogen-bond acceptors (Lipinski definition) is 10. The highest BCUT2D eigenvalue weighted by atomic mass is 16.5. The molecule has 0 aliphatic heterocycles. The van der Waals surface area contributed by atoms with Gasteiger partial charge in [-0.05, 0) is 36.4 Å². The van der Waals surface area contributed by atoms with E-state index in [1.54, 1.807) is 0 Å². The summed E-state index contributed by atoms with van der Waals surface area (Å²) in [5.41, 5.74) is 0.654. The fourth-order valence-electron chi connectivity index (χ4n) is 2.42. The predicted octanol–water partition coefficient (Wildman–Crippen LogP) is 2.01. The van der Waals surface area contributed by atoms with E-state index < -0.39 is 23.9 Å². The van der Waals surface area contributed by atoms with E-state index in [1.165, 1.54) is 50.6 Å². The monoisotopic (exact) mass is 444 g/mol.